The van der Waals surface area contributed by atoms with Gasteiger partial charge < -0.3 is 5.11 Å². The molecule has 1 fully saturated rings. The summed E-state index contributed by atoms with van der Waals surface area (Å²) in [6.45, 7) is 5.31. The number of aliphatic hydroxyl groups is 1. The van der Waals surface area contributed by atoms with E-state index in [1.54, 1.807) is 0 Å². The fourth-order valence-corrected chi connectivity index (χ4v) is 3.42. The number of likely N-dealkylation sites (tertiary alicyclic amines) is 1. The average Bonchev–Trinajstić information content (AvgIpc) is 2.56. The molecule has 0 aromatic heterocycles. The van der Waals surface area contributed by atoms with Gasteiger partial charge in [-0.2, -0.15) is 0 Å². The minimum absolute atomic E-state index is 0.317. The molecule has 3 rings (SSSR count). The first kappa shape index (κ1) is 15.3. The van der Waals surface area contributed by atoms with Gasteiger partial charge in [0.1, 0.15) is 0 Å². The zero-order chi connectivity index (χ0) is 15.4. The van der Waals surface area contributed by atoms with Crippen LogP contribution in [-0.2, 0) is 6.54 Å². The summed E-state index contributed by atoms with van der Waals surface area (Å²) in [5.41, 5.74) is 3.77. The van der Waals surface area contributed by atoms with Crippen LogP contribution < -0.4 is 0 Å². The summed E-state index contributed by atoms with van der Waals surface area (Å²) in [5.74, 6) is 0.385. The number of rotatable bonds is 4. The van der Waals surface area contributed by atoms with E-state index in [2.05, 4.69) is 36.1 Å². The number of hydrogen-bond acceptors (Lipinski definition) is 2. The zero-order valence-electron chi connectivity index (χ0n) is 13.3. The fourth-order valence-electron chi connectivity index (χ4n) is 3.42. The van der Waals surface area contributed by atoms with Gasteiger partial charge in [-0.15, -0.1) is 0 Å². The molecule has 1 saturated heterocycles. The third-order valence-corrected chi connectivity index (χ3v) is 4.71. The second kappa shape index (κ2) is 7.08. The molecule has 0 spiro atoms. The van der Waals surface area contributed by atoms with Crippen LogP contribution in [0.5, 0.6) is 0 Å². The van der Waals surface area contributed by atoms with Gasteiger partial charge in [0.05, 0.1) is 6.10 Å². The first-order chi connectivity index (χ1) is 10.7. The molecule has 0 bridgehead atoms. The number of benzene rings is 2. The highest BCUT2D eigenvalue weighted by atomic mass is 16.3. The highest BCUT2D eigenvalue weighted by molar-refractivity contribution is 5.22. The van der Waals surface area contributed by atoms with Crippen molar-refractivity contribution in [3.8, 4) is 0 Å². The summed E-state index contributed by atoms with van der Waals surface area (Å²) >= 11 is 0. The van der Waals surface area contributed by atoms with E-state index in [0.29, 0.717) is 5.92 Å². The van der Waals surface area contributed by atoms with Gasteiger partial charge >= 0.3 is 0 Å². The number of hydrogen-bond donors (Lipinski definition) is 1. The van der Waals surface area contributed by atoms with Gasteiger partial charge in [0.25, 0.3) is 0 Å². The lowest BCUT2D eigenvalue weighted by Gasteiger charge is -2.34. The second-order valence-electron chi connectivity index (χ2n) is 6.46. The summed E-state index contributed by atoms with van der Waals surface area (Å²) in [4.78, 5) is 2.50. The molecule has 2 aromatic carbocycles. The van der Waals surface area contributed by atoms with E-state index in [1.165, 1.54) is 11.1 Å². The molecule has 1 aliphatic heterocycles. The maximum Gasteiger partial charge on any atom is 0.0819 e. The van der Waals surface area contributed by atoms with E-state index in [1.807, 2.05) is 30.3 Å². The standard InChI is InChI=1S/C20H25NO/c1-16-6-5-7-17(14-16)15-21-12-10-19(11-13-21)20(22)18-8-3-2-4-9-18/h2-9,14,19-20,22H,10-13,15H2,1H3. The topological polar surface area (TPSA) is 23.5 Å². The number of aryl methyl sites for hydroxylation is 1. The Bertz CT molecular complexity index is 588. The number of piperidine rings is 1. The molecule has 0 aliphatic carbocycles. The van der Waals surface area contributed by atoms with Gasteiger partial charge in [-0.05, 0) is 49.9 Å². The van der Waals surface area contributed by atoms with Gasteiger partial charge in [0.2, 0.25) is 0 Å². The molecule has 22 heavy (non-hydrogen) atoms. The first-order valence-corrected chi connectivity index (χ1v) is 8.23. The Kier molecular flexibility index (Phi) is 4.91. The Hall–Kier alpha value is -1.64. The minimum atomic E-state index is -0.317. The van der Waals surface area contributed by atoms with Crippen molar-refractivity contribution >= 4 is 0 Å². The lowest BCUT2D eigenvalue weighted by molar-refractivity contribution is 0.0568. The van der Waals surface area contributed by atoms with Crippen LogP contribution in [0.25, 0.3) is 0 Å². The Morgan fingerprint density at radius 3 is 2.45 bits per heavy atom. The molecule has 1 N–H and O–H groups in total. The van der Waals surface area contributed by atoms with Gasteiger partial charge in [-0.25, -0.2) is 0 Å². The molecule has 116 valence electrons. The summed E-state index contributed by atoms with van der Waals surface area (Å²) in [6.07, 6.45) is 1.83. The Morgan fingerprint density at radius 1 is 1.05 bits per heavy atom. The number of aliphatic hydroxyl groups excluding tert-OH is 1. The SMILES string of the molecule is Cc1cccc(CN2CCC(C(O)c3ccccc3)CC2)c1. The van der Waals surface area contributed by atoms with Crippen LogP contribution in [-0.4, -0.2) is 23.1 Å². The summed E-state index contributed by atoms with van der Waals surface area (Å²) in [6, 6.07) is 18.8. The molecule has 2 aromatic rings. The van der Waals surface area contributed by atoms with Crippen molar-refractivity contribution < 1.29 is 5.11 Å². The monoisotopic (exact) mass is 295 g/mol. The summed E-state index contributed by atoms with van der Waals surface area (Å²) < 4.78 is 0. The lowest BCUT2D eigenvalue weighted by Crippen LogP contribution is -2.35. The molecule has 1 atom stereocenters. The van der Waals surface area contributed by atoms with Crippen LogP contribution in [0.3, 0.4) is 0 Å². The van der Waals surface area contributed by atoms with E-state index in [-0.39, 0.29) is 6.10 Å². The molecule has 0 radical (unpaired) electrons. The largest absolute Gasteiger partial charge is 0.388 e. The minimum Gasteiger partial charge on any atom is -0.388 e. The molecular weight excluding hydrogens is 270 g/mol. The molecule has 2 nitrogen and oxygen atoms in total. The summed E-state index contributed by atoms with van der Waals surface area (Å²) in [7, 11) is 0. The summed E-state index contributed by atoms with van der Waals surface area (Å²) in [5, 5.41) is 10.5. The second-order valence-corrected chi connectivity index (χ2v) is 6.46. The van der Waals surface area contributed by atoms with Crippen molar-refractivity contribution in [1.29, 1.82) is 0 Å². The van der Waals surface area contributed by atoms with Gasteiger partial charge in [-0.3, -0.25) is 4.90 Å². The van der Waals surface area contributed by atoms with Crippen molar-refractivity contribution in [2.45, 2.75) is 32.4 Å². The smallest absolute Gasteiger partial charge is 0.0819 e. The van der Waals surface area contributed by atoms with E-state index < -0.39 is 0 Å². The van der Waals surface area contributed by atoms with Gasteiger partial charge in [0, 0.05) is 6.54 Å². The van der Waals surface area contributed by atoms with Crippen molar-refractivity contribution in [2.75, 3.05) is 13.1 Å². The maximum atomic E-state index is 10.5. The predicted molar refractivity (Wildman–Crippen MR) is 90.6 cm³/mol. The molecule has 0 saturated carbocycles. The van der Waals surface area contributed by atoms with Gasteiger partial charge in [-0.1, -0.05) is 60.2 Å². The highest BCUT2D eigenvalue weighted by Crippen LogP contribution is 2.31. The van der Waals surface area contributed by atoms with E-state index in [0.717, 1.165) is 38.0 Å². The third kappa shape index (κ3) is 3.76. The maximum absolute atomic E-state index is 10.5. The van der Waals surface area contributed by atoms with Gasteiger partial charge in [0.15, 0.2) is 0 Å². The van der Waals surface area contributed by atoms with Crippen molar-refractivity contribution in [3.63, 3.8) is 0 Å². The van der Waals surface area contributed by atoms with Crippen LogP contribution in [0.1, 0.15) is 35.6 Å². The van der Waals surface area contributed by atoms with Crippen molar-refractivity contribution in [1.82, 2.24) is 4.90 Å². The van der Waals surface area contributed by atoms with Crippen molar-refractivity contribution in [3.05, 3.63) is 71.3 Å². The normalized spacial score (nSPS) is 18.3. The molecular formula is C20H25NO. The Labute approximate surface area is 133 Å². The lowest BCUT2D eigenvalue weighted by atomic mass is 9.87. The van der Waals surface area contributed by atoms with E-state index in [4.69, 9.17) is 0 Å². The molecule has 2 heteroatoms. The highest BCUT2D eigenvalue weighted by Gasteiger charge is 2.26. The Morgan fingerprint density at radius 2 is 1.77 bits per heavy atom. The van der Waals surface area contributed by atoms with E-state index >= 15 is 0 Å². The van der Waals surface area contributed by atoms with Crippen molar-refractivity contribution in [2.24, 2.45) is 5.92 Å². The van der Waals surface area contributed by atoms with Crippen LogP contribution >= 0.6 is 0 Å². The van der Waals surface area contributed by atoms with Crippen LogP contribution in [0.4, 0.5) is 0 Å². The molecule has 1 aliphatic rings. The van der Waals surface area contributed by atoms with E-state index in [9.17, 15) is 5.11 Å². The average molecular weight is 295 g/mol. The quantitative estimate of drug-likeness (QED) is 0.923. The first-order valence-electron chi connectivity index (χ1n) is 8.23. The van der Waals surface area contributed by atoms with Crippen LogP contribution in [0.15, 0.2) is 54.6 Å². The molecule has 1 unspecified atom stereocenters. The predicted octanol–water partition coefficient (Wildman–Crippen LogP) is 3.94. The number of nitrogens with zero attached hydrogens (tertiary/aromatic N) is 1. The Balaban J connectivity index is 1.54. The molecule has 0 amide bonds. The fraction of sp³-hybridized carbons (Fsp3) is 0.400. The molecule has 1 heterocycles. The van der Waals surface area contributed by atoms with Crippen LogP contribution in [0.2, 0.25) is 0 Å². The van der Waals surface area contributed by atoms with Crippen LogP contribution in [0, 0.1) is 12.8 Å². The zero-order valence-corrected chi connectivity index (χ0v) is 13.3. The third-order valence-electron chi connectivity index (χ3n) is 4.71.